The predicted octanol–water partition coefficient (Wildman–Crippen LogP) is 1.83. The van der Waals surface area contributed by atoms with Crippen molar-refractivity contribution in [1.82, 2.24) is 10.6 Å². The Morgan fingerprint density at radius 3 is 2.43 bits per heavy atom. The summed E-state index contributed by atoms with van der Waals surface area (Å²) in [5.41, 5.74) is 0.294. The van der Waals surface area contributed by atoms with Gasteiger partial charge in [-0.2, -0.15) is 0 Å². The standard InChI is InChI=1S/C16H20N2O3/c1-5-13(18-15(20)21-16(2,3)4)14(19)17-11-12-9-7-6-8-10-12/h1,6-10,13H,11H2,2-4H3,(H,17,19)(H,18,20)/t13-/m1/s1. The molecular formula is C16H20N2O3. The molecule has 1 aromatic rings. The molecular weight excluding hydrogens is 268 g/mol. The van der Waals surface area contributed by atoms with Crippen molar-refractivity contribution in [2.75, 3.05) is 0 Å². The average Bonchev–Trinajstić information content (AvgIpc) is 2.41. The predicted molar refractivity (Wildman–Crippen MR) is 80.3 cm³/mol. The van der Waals surface area contributed by atoms with E-state index in [1.807, 2.05) is 30.3 Å². The minimum atomic E-state index is -1.07. The van der Waals surface area contributed by atoms with Crippen LogP contribution in [-0.2, 0) is 16.1 Å². The van der Waals surface area contributed by atoms with Crippen LogP contribution in [0.1, 0.15) is 26.3 Å². The van der Waals surface area contributed by atoms with Gasteiger partial charge in [0.05, 0.1) is 0 Å². The Kier molecular flexibility index (Phi) is 5.79. The third-order valence-corrected chi connectivity index (χ3v) is 2.40. The van der Waals surface area contributed by atoms with Gasteiger partial charge in [0.25, 0.3) is 5.91 Å². The number of carbonyl (C=O) groups excluding carboxylic acids is 2. The second kappa shape index (κ2) is 7.34. The van der Waals surface area contributed by atoms with Gasteiger partial charge in [-0.3, -0.25) is 10.1 Å². The summed E-state index contributed by atoms with van der Waals surface area (Å²) in [6.45, 7) is 5.53. The lowest BCUT2D eigenvalue weighted by atomic mass is 10.2. The summed E-state index contributed by atoms with van der Waals surface area (Å²) >= 11 is 0. The van der Waals surface area contributed by atoms with Crippen LogP contribution in [0.15, 0.2) is 30.3 Å². The molecule has 1 rings (SSSR count). The Morgan fingerprint density at radius 2 is 1.90 bits per heavy atom. The number of hydrogen-bond donors (Lipinski definition) is 2. The molecule has 112 valence electrons. The molecule has 21 heavy (non-hydrogen) atoms. The number of rotatable bonds is 4. The van der Waals surface area contributed by atoms with Gasteiger partial charge in [-0.15, -0.1) is 6.42 Å². The molecule has 2 N–H and O–H groups in total. The minimum absolute atomic E-state index is 0.341. The third kappa shape index (κ3) is 6.48. The number of nitrogens with one attached hydrogen (secondary N) is 2. The molecule has 1 aromatic carbocycles. The molecule has 0 spiro atoms. The summed E-state index contributed by atoms with van der Waals surface area (Å²) in [6.07, 6.45) is 4.55. The highest BCUT2D eigenvalue weighted by Crippen LogP contribution is 2.06. The maximum Gasteiger partial charge on any atom is 0.409 e. The van der Waals surface area contributed by atoms with Gasteiger partial charge in [-0.25, -0.2) is 4.79 Å². The lowest BCUT2D eigenvalue weighted by Crippen LogP contribution is -2.47. The van der Waals surface area contributed by atoms with Gasteiger partial charge in [0, 0.05) is 6.54 Å². The number of carbonyl (C=O) groups is 2. The van der Waals surface area contributed by atoms with Gasteiger partial charge in [-0.05, 0) is 26.3 Å². The van der Waals surface area contributed by atoms with Gasteiger partial charge in [0.1, 0.15) is 5.60 Å². The van der Waals surface area contributed by atoms with Crippen LogP contribution in [0.4, 0.5) is 4.79 Å². The quantitative estimate of drug-likeness (QED) is 0.831. The number of benzene rings is 1. The van der Waals surface area contributed by atoms with Crippen molar-refractivity contribution in [3.8, 4) is 12.3 Å². The van der Waals surface area contributed by atoms with Gasteiger partial charge in [0.2, 0.25) is 0 Å². The largest absolute Gasteiger partial charge is 0.444 e. The molecule has 1 atom stereocenters. The Morgan fingerprint density at radius 1 is 1.29 bits per heavy atom. The molecule has 0 heterocycles. The fourth-order valence-corrected chi connectivity index (χ4v) is 1.50. The second-order valence-electron chi connectivity index (χ2n) is 5.45. The van der Waals surface area contributed by atoms with Crippen molar-refractivity contribution < 1.29 is 14.3 Å². The molecule has 0 aliphatic rings. The van der Waals surface area contributed by atoms with Crippen LogP contribution in [0.3, 0.4) is 0 Å². The zero-order valence-corrected chi connectivity index (χ0v) is 12.5. The zero-order chi connectivity index (χ0) is 15.9. The summed E-state index contributed by atoms with van der Waals surface area (Å²) in [5.74, 6) is 1.78. The minimum Gasteiger partial charge on any atom is -0.444 e. The average molecular weight is 288 g/mol. The number of ether oxygens (including phenoxy) is 1. The summed E-state index contributed by atoms with van der Waals surface area (Å²) in [6, 6.07) is 8.33. The third-order valence-electron chi connectivity index (χ3n) is 2.40. The Labute approximate surface area is 125 Å². The molecule has 2 amide bonds. The highest BCUT2D eigenvalue weighted by atomic mass is 16.6. The number of amides is 2. The van der Waals surface area contributed by atoms with Crippen LogP contribution in [0.2, 0.25) is 0 Å². The summed E-state index contributed by atoms with van der Waals surface area (Å²) < 4.78 is 5.06. The van der Waals surface area contributed by atoms with Gasteiger partial charge in [-0.1, -0.05) is 36.3 Å². The Balaban J connectivity index is 2.50. The van der Waals surface area contributed by atoms with Crippen LogP contribution in [-0.4, -0.2) is 23.6 Å². The molecule has 0 unspecified atom stereocenters. The highest BCUT2D eigenvalue weighted by Gasteiger charge is 2.22. The van der Waals surface area contributed by atoms with Crippen molar-refractivity contribution in [2.24, 2.45) is 0 Å². The first kappa shape index (κ1) is 16.6. The van der Waals surface area contributed by atoms with Crippen molar-refractivity contribution >= 4 is 12.0 Å². The van der Waals surface area contributed by atoms with E-state index in [0.717, 1.165) is 5.56 Å². The van der Waals surface area contributed by atoms with Crippen molar-refractivity contribution in [2.45, 2.75) is 39.0 Å². The van der Waals surface area contributed by atoms with Crippen LogP contribution < -0.4 is 10.6 Å². The highest BCUT2D eigenvalue weighted by molar-refractivity contribution is 5.88. The molecule has 0 aliphatic heterocycles. The van der Waals surface area contributed by atoms with Crippen molar-refractivity contribution in [1.29, 1.82) is 0 Å². The number of alkyl carbamates (subject to hydrolysis) is 1. The summed E-state index contributed by atoms with van der Waals surface area (Å²) in [4.78, 5) is 23.5. The first-order valence-corrected chi connectivity index (χ1v) is 6.59. The molecule has 0 fully saturated rings. The van der Waals surface area contributed by atoms with E-state index in [1.165, 1.54) is 0 Å². The molecule has 0 aromatic heterocycles. The maximum atomic E-state index is 11.9. The van der Waals surface area contributed by atoms with Gasteiger partial charge >= 0.3 is 6.09 Å². The van der Waals surface area contributed by atoms with E-state index in [9.17, 15) is 9.59 Å². The Bertz CT molecular complexity index is 527. The van der Waals surface area contributed by atoms with Gasteiger partial charge in [0.15, 0.2) is 6.04 Å². The first-order valence-electron chi connectivity index (χ1n) is 6.59. The Hall–Kier alpha value is -2.48. The molecule has 0 bridgehead atoms. The molecule has 0 radical (unpaired) electrons. The van der Waals surface area contributed by atoms with E-state index in [1.54, 1.807) is 20.8 Å². The van der Waals surface area contributed by atoms with E-state index in [0.29, 0.717) is 6.54 Å². The fraction of sp³-hybridized carbons (Fsp3) is 0.375. The fourth-order valence-electron chi connectivity index (χ4n) is 1.50. The van der Waals surface area contributed by atoms with E-state index >= 15 is 0 Å². The number of hydrogen-bond acceptors (Lipinski definition) is 3. The zero-order valence-electron chi connectivity index (χ0n) is 12.5. The monoisotopic (exact) mass is 288 g/mol. The lowest BCUT2D eigenvalue weighted by Gasteiger charge is -2.21. The molecule has 0 saturated heterocycles. The lowest BCUT2D eigenvalue weighted by molar-refractivity contribution is -0.122. The first-order chi connectivity index (χ1) is 9.81. The maximum absolute atomic E-state index is 11.9. The van der Waals surface area contributed by atoms with Crippen molar-refractivity contribution in [3.63, 3.8) is 0 Å². The molecule has 5 heteroatoms. The normalized spacial score (nSPS) is 11.9. The smallest absolute Gasteiger partial charge is 0.409 e. The molecule has 5 nitrogen and oxygen atoms in total. The summed E-state index contributed by atoms with van der Waals surface area (Å²) in [5, 5.41) is 5.02. The molecule has 0 aliphatic carbocycles. The van der Waals surface area contributed by atoms with Crippen LogP contribution in [0.25, 0.3) is 0 Å². The van der Waals surface area contributed by atoms with Crippen LogP contribution >= 0.6 is 0 Å². The van der Waals surface area contributed by atoms with Gasteiger partial charge < -0.3 is 10.1 Å². The van der Waals surface area contributed by atoms with Crippen molar-refractivity contribution in [3.05, 3.63) is 35.9 Å². The number of terminal acetylenes is 1. The van der Waals surface area contributed by atoms with E-state index < -0.39 is 23.6 Å². The van der Waals surface area contributed by atoms with E-state index in [4.69, 9.17) is 11.2 Å². The van der Waals surface area contributed by atoms with E-state index in [-0.39, 0.29) is 0 Å². The topological polar surface area (TPSA) is 67.4 Å². The van der Waals surface area contributed by atoms with Crippen LogP contribution in [0, 0.1) is 12.3 Å². The van der Waals surface area contributed by atoms with E-state index in [2.05, 4.69) is 16.6 Å². The van der Waals surface area contributed by atoms with Crippen LogP contribution in [0.5, 0.6) is 0 Å². The molecule has 0 saturated carbocycles. The second-order valence-corrected chi connectivity index (χ2v) is 5.45. The summed E-state index contributed by atoms with van der Waals surface area (Å²) in [7, 11) is 0. The SMILES string of the molecule is C#C[C@@H](NC(=O)OC(C)(C)C)C(=O)NCc1ccccc1.